The van der Waals surface area contributed by atoms with Crippen molar-refractivity contribution in [3.8, 4) is 0 Å². The number of benzene rings is 1. The molecule has 0 unspecified atom stereocenters. The van der Waals surface area contributed by atoms with Crippen molar-refractivity contribution < 1.29 is 8.42 Å². The Morgan fingerprint density at radius 2 is 1.90 bits per heavy atom. The molecular formula is C14H24N2O2S2. The van der Waals surface area contributed by atoms with Gasteiger partial charge in [0, 0.05) is 17.5 Å². The summed E-state index contributed by atoms with van der Waals surface area (Å²) in [5.74, 6) is 0. The van der Waals surface area contributed by atoms with Crippen molar-refractivity contribution in [3.63, 3.8) is 0 Å². The van der Waals surface area contributed by atoms with E-state index in [2.05, 4.69) is 25.4 Å². The first kappa shape index (κ1) is 17.2. The predicted octanol–water partition coefficient (Wildman–Crippen LogP) is 3.01. The van der Waals surface area contributed by atoms with Gasteiger partial charge in [-0.1, -0.05) is 13.8 Å². The molecule has 4 nitrogen and oxygen atoms in total. The number of hydrogen-bond acceptors (Lipinski definition) is 5. The van der Waals surface area contributed by atoms with Crippen molar-refractivity contribution in [2.24, 2.45) is 0 Å². The summed E-state index contributed by atoms with van der Waals surface area (Å²) in [4.78, 5) is 0.252. The van der Waals surface area contributed by atoms with E-state index < -0.39 is 9.84 Å². The first-order valence-electron chi connectivity index (χ1n) is 6.66. The molecule has 0 bridgehead atoms. The summed E-state index contributed by atoms with van der Waals surface area (Å²) in [5, 5.41) is 3.34. The van der Waals surface area contributed by atoms with Gasteiger partial charge in [0.25, 0.3) is 0 Å². The highest BCUT2D eigenvalue weighted by molar-refractivity contribution is 8.00. The third-order valence-corrected chi connectivity index (χ3v) is 6.47. The topological polar surface area (TPSA) is 72.2 Å². The summed E-state index contributed by atoms with van der Waals surface area (Å²) >= 11 is 1.85. The molecule has 20 heavy (non-hydrogen) atoms. The Balaban J connectivity index is 2.90. The number of thioether (sulfide) groups is 1. The predicted molar refractivity (Wildman–Crippen MR) is 89.3 cm³/mol. The summed E-state index contributed by atoms with van der Waals surface area (Å²) in [6.45, 7) is 5.17. The Morgan fingerprint density at radius 1 is 1.30 bits per heavy atom. The van der Waals surface area contributed by atoms with Crippen molar-refractivity contribution in [3.05, 3.63) is 18.2 Å². The second-order valence-corrected chi connectivity index (χ2v) is 8.26. The van der Waals surface area contributed by atoms with Crippen molar-refractivity contribution >= 4 is 33.0 Å². The number of sulfone groups is 1. The minimum atomic E-state index is -3.21. The van der Waals surface area contributed by atoms with Gasteiger partial charge in [-0.25, -0.2) is 8.42 Å². The molecule has 0 fully saturated rings. The number of rotatable bonds is 7. The highest BCUT2D eigenvalue weighted by Gasteiger charge is 2.24. The van der Waals surface area contributed by atoms with Crippen LogP contribution < -0.4 is 11.1 Å². The van der Waals surface area contributed by atoms with Gasteiger partial charge in [-0.05, 0) is 37.3 Å². The number of hydrogen-bond donors (Lipinski definition) is 2. The molecule has 0 aromatic heterocycles. The van der Waals surface area contributed by atoms with E-state index in [4.69, 9.17) is 5.73 Å². The van der Waals surface area contributed by atoms with Gasteiger partial charge in [-0.2, -0.15) is 11.8 Å². The Kier molecular flexibility index (Phi) is 5.77. The number of nitrogens with two attached hydrogens (primary N) is 1. The van der Waals surface area contributed by atoms with Crippen molar-refractivity contribution in [2.45, 2.75) is 36.3 Å². The molecule has 0 saturated carbocycles. The molecule has 114 valence electrons. The Labute approximate surface area is 126 Å². The smallest absolute Gasteiger partial charge is 0.175 e. The number of nitrogen functional groups attached to an aromatic ring is 1. The molecule has 6 heteroatoms. The maximum atomic E-state index is 11.5. The van der Waals surface area contributed by atoms with Gasteiger partial charge in [0.15, 0.2) is 9.84 Å². The molecule has 0 spiro atoms. The molecule has 0 aliphatic carbocycles. The van der Waals surface area contributed by atoms with Crippen LogP contribution in [0.5, 0.6) is 0 Å². The van der Waals surface area contributed by atoms with Gasteiger partial charge in [-0.15, -0.1) is 0 Å². The molecule has 0 heterocycles. The minimum absolute atomic E-state index is 0.182. The average Bonchev–Trinajstić information content (AvgIpc) is 2.41. The lowest BCUT2D eigenvalue weighted by molar-refractivity contribution is 0.575. The van der Waals surface area contributed by atoms with Gasteiger partial charge >= 0.3 is 0 Å². The zero-order valence-electron chi connectivity index (χ0n) is 12.6. The van der Waals surface area contributed by atoms with Crippen LogP contribution in [0.1, 0.15) is 26.7 Å². The van der Waals surface area contributed by atoms with E-state index in [9.17, 15) is 8.42 Å². The van der Waals surface area contributed by atoms with Gasteiger partial charge in [-0.3, -0.25) is 0 Å². The van der Waals surface area contributed by atoms with E-state index in [1.807, 2.05) is 11.8 Å². The zero-order valence-corrected chi connectivity index (χ0v) is 14.2. The highest BCUT2D eigenvalue weighted by atomic mass is 32.2. The van der Waals surface area contributed by atoms with Crippen LogP contribution in [0, 0.1) is 0 Å². The summed E-state index contributed by atoms with van der Waals surface area (Å²) in [7, 11) is -3.21. The molecule has 3 N–H and O–H groups in total. The largest absolute Gasteiger partial charge is 0.397 e. The van der Waals surface area contributed by atoms with Crippen LogP contribution in [-0.4, -0.2) is 32.2 Å². The fraction of sp³-hybridized carbons (Fsp3) is 0.571. The van der Waals surface area contributed by atoms with Crippen LogP contribution in [0.2, 0.25) is 0 Å². The summed E-state index contributed by atoms with van der Waals surface area (Å²) < 4.78 is 23.1. The lowest BCUT2D eigenvalue weighted by Crippen LogP contribution is -2.32. The molecule has 1 aromatic carbocycles. The van der Waals surface area contributed by atoms with Gasteiger partial charge in [0.1, 0.15) is 0 Å². The van der Waals surface area contributed by atoms with Crippen LogP contribution in [0.25, 0.3) is 0 Å². The SMILES string of the molecule is CCC(CC)(CNc1ccc(S(C)(=O)=O)cc1N)SC. The van der Waals surface area contributed by atoms with Crippen LogP contribution in [0.15, 0.2) is 23.1 Å². The maximum Gasteiger partial charge on any atom is 0.175 e. The third kappa shape index (κ3) is 4.06. The van der Waals surface area contributed by atoms with E-state index in [0.717, 1.165) is 25.1 Å². The molecule has 0 aliphatic rings. The molecule has 0 atom stereocenters. The van der Waals surface area contributed by atoms with Crippen molar-refractivity contribution in [2.75, 3.05) is 30.1 Å². The molecule has 1 aromatic rings. The molecule has 0 amide bonds. The van der Waals surface area contributed by atoms with E-state index in [1.165, 1.54) is 12.3 Å². The van der Waals surface area contributed by atoms with E-state index >= 15 is 0 Å². The third-order valence-electron chi connectivity index (χ3n) is 3.77. The fourth-order valence-electron chi connectivity index (χ4n) is 2.05. The molecule has 0 radical (unpaired) electrons. The lowest BCUT2D eigenvalue weighted by atomic mass is 10.0. The van der Waals surface area contributed by atoms with Crippen LogP contribution in [0.4, 0.5) is 11.4 Å². The monoisotopic (exact) mass is 316 g/mol. The van der Waals surface area contributed by atoms with Gasteiger partial charge in [0.2, 0.25) is 0 Å². The van der Waals surface area contributed by atoms with Crippen molar-refractivity contribution in [1.82, 2.24) is 0 Å². The van der Waals surface area contributed by atoms with Gasteiger partial charge in [0.05, 0.1) is 16.3 Å². The standard InChI is InChI=1S/C14H24N2O2S2/c1-5-14(6-2,19-3)10-16-13-8-7-11(9-12(13)15)20(4,17)18/h7-9,16H,5-6,10,15H2,1-4H3. The fourth-order valence-corrected chi connectivity index (χ4v) is 3.50. The first-order valence-corrected chi connectivity index (χ1v) is 9.78. The average molecular weight is 316 g/mol. The highest BCUT2D eigenvalue weighted by Crippen LogP contribution is 2.32. The molecule has 0 saturated heterocycles. The Morgan fingerprint density at radius 3 is 2.30 bits per heavy atom. The van der Waals surface area contributed by atoms with Gasteiger partial charge < -0.3 is 11.1 Å². The summed E-state index contributed by atoms with van der Waals surface area (Å²) in [6, 6.07) is 4.84. The summed E-state index contributed by atoms with van der Waals surface area (Å²) in [6.07, 6.45) is 5.44. The molecular weight excluding hydrogens is 292 g/mol. The second kappa shape index (κ2) is 6.72. The maximum absolute atomic E-state index is 11.5. The number of nitrogens with one attached hydrogen (secondary N) is 1. The van der Waals surface area contributed by atoms with Crippen LogP contribution in [0.3, 0.4) is 0 Å². The minimum Gasteiger partial charge on any atom is -0.397 e. The van der Waals surface area contributed by atoms with Crippen LogP contribution >= 0.6 is 11.8 Å². The second-order valence-electron chi connectivity index (χ2n) is 4.97. The quantitative estimate of drug-likeness (QED) is 0.757. The lowest BCUT2D eigenvalue weighted by Gasteiger charge is -2.30. The Bertz CT molecular complexity index is 544. The van der Waals surface area contributed by atoms with E-state index in [1.54, 1.807) is 12.1 Å². The first-order chi connectivity index (χ1) is 9.28. The zero-order chi connectivity index (χ0) is 15.4. The molecule has 0 aliphatic heterocycles. The normalized spacial score (nSPS) is 12.4. The van der Waals surface area contributed by atoms with Crippen LogP contribution in [-0.2, 0) is 9.84 Å². The van der Waals surface area contributed by atoms with Crippen molar-refractivity contribution in [1.29, 1.82) is 0 Å². The Hall–Kier alpha value is -0.880. The molecule has 1 rings (SSSR count). The summed E-state index contributed by atoms with van der Waals surface area (Å²) in [5.41, 5.74) is 7.20. The van der Waals surface area contributed by atoms with E-state index in [0.29, 0.717) is 5.69 Å². The number of anilines is 2. The van der Waals surface area contributed by atoms with E-state index in [-0.39, 0.29) is 9.64 Å².